The highest BCUT2D eigenvalue weighted by atomic mass is 32.2. The molecule has 0 aliphatic carbocycles. The molecule has 0 spiro atoms. The molecular formula is C7H14N2O3S. The number of aliphatic hydroxyl groups excluding tert-OH is 1. The van der Waals surface area contributed by atoms with Gasteiger partial charge in [0.2, 0.25) is 10.0 Å². The second kappa shape index (κ2) is 4.05. The van der Waals surface area contributed by atoms with E-state index in [0.29, 0.717) is 0 Å². The Morgan fingerprint density at radius 3 is 2.31 bits per heavy atom. The molecule has 0 fully saturated rings. The summed E-state index contributed by atoms with van der Waals surface area (Å²) in [5.74, 6) is -0.563. The second-order valence-corrected chi connectivity index (χ2v) is 5.35. The number of sulfonamides is 1. The fourth-order valence-corrected chi connectivity index (χ4v) is 1.82. The van der Waals surface area contributed by atoms with Crippen LogP contribution in [0.5, 0.6) is 0 Å². The van der Waals surface area contributed by atoms with Crippen LogP contribution in [0.25, 0.3) is 0 Å². The van der Waals surface area contributed by atoms with Gasteiger partial charge in [-0.3, -0.25) is 0 Å². The molecule has 13 heavy (non-hydrogen) atoms. The van der Waals surface area contributed by atoms with Gasteiger partial charge < -0.3 is 5.11 Å². The summed E-state index contributed by atoms with van der Waals surface area (Å²) in [6.07, 6.45) is 0. The summed E-state index contributed by atoms with van der Waals surface area (Å²) in [4.78, 5) is 0. The molecule has 0 aliphatic heterocycles. The van der Waals surface area contributed by atoms with Gasteiger partial charge in [0.15, 0.2) is 5.75 Å². The van der Waals surface area contributed by atoms with Crippen molar-refractivity contribution in [3.63, 3.8) is 0 Å². The van der Waals surface area contributed by atoms with Gasteiger partial charge in [0.25, 0.3) is 0 Å². The van der Waals surface area contributed by atoms with Gasteiger partial charge in [-0.2, -0.15) is 9.57 Å². The molecule has 0 aromatic heterocycles. The fraction of sp³-hybridized carbons (Fsp3) is 0.857. The normalized spacial score (nSPS) is 12.9. The number of hydrogen-bond donors (Lipinski definition) is 1. The second-order valence-electron chi connectivity index (χ2n) is 3.35. The van der Waals surface area contributed by atoms with Crippen molar-refractivity contribution in [2.24, 2.45) is 0 Å². The standard InChI is InChI=1S/C7H14N2O3S/c1-7(2,6-10)9(3)13(11,12)5-4-8/h10H,5-6H2,1-3H3. The molecule has 0 bridgehead atoms. The van der Waals surface area contributed by atoms with Crippen molar-refractivity contribution in [3.05, 3.63) is 0 Å². The van der Waals surface area contributed by atoms with Gasteiger partial charge in [-0.15, -0.1) is 0 Å². The summed E-state index contributed by atoms with van der Waals surface area (Å²) in [5, 5.41) is 17.2. The summed E-state index contributed by atoms with van der Waals surface area (Å²) < 4.78 is 23.7. The topological polar surface area (TPSA) is 81.4 Å². The predicted molar refractivity (Wildman–Crippen MR) is 48.3 cm³/mol. The van der Waals surface area contributed by atoms with Crippen LogP contribution < -0.4 is 0 Å². The molecule has 1 N–H and O–H groups in total. The lowest BCUT2D eigenvalue weighted by Gasteiger charge is -2.31. The van der Waals surface area contributed by atoms with Crippen LogP contribution in [0.4, 0.5) is 0 Å². The third-order valence-electron chi connectivity index (χ3n) is 1.90. The Bertz CT molecular complexity index is 302. The summed E-state index contributed by atoms with van der Waals surface area (Å²) >= 11 is 0. The van der Waals surface area contributed by atoms with Crippen LogP contribution in [-0.4, -0.2) is 42.8 Å². The third-order valence-corrected chi connectivity index (χ3v) is 3.73. The van der Waals surface area contributed by atoms with Crippen molar-refractivity contribution >= 4 is 10.0 Å². The first kappa shape index (κ1) is 12.4. The Morgan fingerprint density at radius 1 is 1.54 bits per heavy atom. The van der Waals surface area contributed by atoms with E-state index in [1.165, 1.54) is 7.05 Å². The van der Waals surface area contributed by atoms with Crippen LogP contribution in [0, 0.1) is 11.3 Å². The predicted octanol–water partition coefficient (Wildman–Crippen LogP) is -0.458. The van der Waals surface area contributed by atoms with Gasteiger partial charge in [0.1, 0.15) is 0 Å². The minimum Gasteiger partial charge on any atom is -0.394 e. The lowest BCUT2D eigenvalue weighted by atomic mass is 10.1. The first-order valence-corrected chi connectivity index (χ1v) is 5.33. The summed E-state index contributed by atoms with van der Waals surface area (Å²) in [7, 11) is -2.22. The average Bonchev–Trinajstić information content (AvgIpc) is 2.03. The van der Waals surface area contributed by atoms with Crippen molar-refractivity contribution in [3.8, 4) is 6.07 Å². The average molecular weight is 206 g/mol. The highest BCUT2D eigenvalue weighted by Crippen LogP contribution is 2.15. The van der Waals surface area contributed by atoms with Gasteiger partial charge in [-0.1, -0.05) is 0 Å². The van der Waals surface area contributed by atoms with E-state index in [1.807, 2.05) is 0 Å². The molecule has 0 atom stereocenters. The molecular weight excluding hydrogens is 192 g/mol. The van der Waals surface area contributed by atoms with Crippen LogP contribution in [0.15, 0.2) is 0 Å². The Labute approximate surface area is 78.6 Å². The maximum Gasteiger partial charge on any atom is 0.227 e. The molecule has 0 aromatic carbocycles. The van der Waals surface area contributed by atoms with E-state index in [2.05, 4.69) is 0 Å². The van der Waals surface area contributed by atoms with Crippen LogP contribution in [-0.2, 0) is 10.0 Å². The maximum absolute atomic E-state index is 11.3. The summed E-state index contributed by atoms with van der Waals surface area (Å²) in [5.41, 5.74) is -0.865. The highest BCUT2D eigenvalue weighted by molar-refractivity contribution is 7.89. The maximum atomic E-state index is 11.3. The molecule has 0 aromatic rings. The number of rotatable bonds is 4. The quantitative estimate of drug-likeness (QED) is 0.675. The first-order valence-electron chi connectivity index (χ1n) is 3.72. The SMILES string of the molecule is CN(C(C)(C)CO)S(=O)(=O)CC#N. The molecule has 0 aliphatic rings. The molecule has 0 saturated heterocycles. The Balaban J connectivity index is 4.81. The van der Waals surface area contributed by atoms with E-state index in [0.717, 1.165) is 4.31 Å². The fourth-order valence-electron chi connectivity index (χ4n) is 0.654. The van der Waals surface area contributed by atoms with Crippen molar-refractivity contribution in [1.82, 2.24) is 4.31 Å². The lowest BCUT2D eigenvalue weighted by Crippen LogP contribution is -2.48. The summed E-state index contributed by atoms with van der Waals surface area (Å²) in [6.45, 7) is 2.89. The largest absolute Gasteiger partial charge is 0.394 e. The van der Waals surface area contributed by atoms with Crippen LogP contribution in [0.2, 0.25) is 0 Å². The smallest absolute Gasteiger partial charge is 0.227 e. The van der Waals surface area contributed by atoms with Crippen LogP contribution >= 0.6 is 0 Å². The lowest BCUT2D eigenvalue weighted by molar-refractivity contribution is 0.138. The van der Waals surface area contributed by atoms with E-state index < -0.39 is 21.3 Å². The van der Waals surface area contributed by atoms with Gasteiger partial charge in [0, 0.05) is 7.05 Å². The number of nitrogens with zero attached hydrogens (tertiary/aromatic N) is 2. The molecule has 0 radical (unpaired) electrons. The first-order chi connectivity index (χ1) is 5.78. The van der Waals surface area contributed by atoms with E-state index in [4.69, 9.17) is 10.4 Å². The zero-order valence-electron chi connectivity index (χ0n) is 7.98. The molecule has 0 rings (SSSR count). The molecule has 5 nitrogen and oxygen atoms in total. The van der Waals surface area contributed by atoms with Gasteiger partial charge in [0.05, 0.1) is 18.2 Å². The van der Waals surface area contributed by atoms with Crippen molar-refractivity contribution < 1.29 is 13.5 Å². The van der Waals surface area contributed by atoms with Gasteiger partial charge in [-0.05, 0) is 13.8 Å². The number of hydrogen-bond acceptors (Lipinski definition) is 4. The monoisotopic (exact) mass is 206 g/mol. The molecule has 0 amide bonds. The molecule has 0 heterocycles. The zero-order valence-corrected chi connectivity index (χ0v) is 8.80. The Morgan fingerprint density at radius 2 is 2.00 bits per heavy atom. The van der Waals surface area contributed by atoms with Gasteiger partial charge >= 0.3 is 0 Å². The van der Waals surface area contributed by atoms with E-state index >= 15 is 0 Å². The molecule has 0 unspecified atom stereocenters. The number of nitriles is 1. The van der Waals surface area contributed by atoms with Crippen LogP contribution in [0.3, 0.4) is 0 Å². The Kier molecular flexibility index (Phi) is 3.85. The summed E-state index contributed by atoms with van der Waals surface area (Å²) in [6, 6.07) is 1.57. The van der Waals surface area contributed by atoms with Crippen molar-refractivity contribution in [2.75, 3.05) is 19.4 Å². The third kappa shape index (κ3) is 2.95. The van der Waals surface area contributed by atoms with Crippen LogP contribution in [0.1, 0.15) is 13.8 Å². The minimum atomic E-state index is -3.57. The number of likely N-dealkylation sites (N-methyl/N-ethyl adjacent to an activating group) is 1. The van der Waals surface area contributed by atoms with Gasteiger partial charge in [-0.25, -0.2) is 8.42 Å². The minimum absolute atomic E-state index is 0.284. The van der Waals surface area contributed by atoms with E-state index in [1.54, 1.807) is 19.9 Å². The van der Waals surface area contributed by atoms with Crippen molar-refractivity contribution in [2.45, 2.75) is 19.4 Å². The van der Waals surface area contributed by atoms with Crippen molar-refractivity contribution in [1.29, 1.82) is 5.26 Å². The molecule has 76 valence electrons. The zero-order chi connectivity index (χ0) is 10.7. The molecule has 6 heteroatoms. The Hall–Kier alpha value is -0.640. The molecule has 0 saturated carbocycles. The van der Waals surface area contributed by atoms with E-state index in [9.17, 15) is 8.42 Å². The number of aliphatic hydroxyl groups is 1. The van der Waals surface area contributed by atoms with E-state index in [-0.39, 0.29) is 6.61 Å². The highest BCUT2D eigenvalue weighted by Gasteiger charge is 2.31.